The molecule has 1 aliphatic heterocycles. The molecule has 0 bridgehead atoms. The smallest absolute Gasteiger partial charge is 0.258 e. The van der Waals surface area contributed by atoms with Gasteiger partial charge in [-0.2, -0.15) is 0 Å². The minimum atomic E-state index is -0.398. The summed E-state index contributed by atoms with van der Waals surface area (Å²) in [7, 11) is 0. The molecule has 8 heteroatoms. The van der Waals surface area contributed by atoms with Crippen LogP contribution < -0.4 is 0 Å². The van der Waals surface area contributed by atoms with Gasteiger partial charge in [0.1, 0.15) is 0 Å². The molecule has 1 fully saturated rings. The van der Waals surface area contributed by atoms with Crippen molar-refractivity contribution in [1.29, 1.82) is 0 Å². The van der Waals surface area contributed by atoms with E-state index in [1.165, 1.54) is 12.1 Å². The lowest BCUT2D eigenvalue weighted by molar-refractivity contribution is -0.386. The number of rotatable bonds is 6. The summed E-state index contributed by atoms with van der Waals surface area (Å²) in [6.45, 7) is 1.45. The first-order valence-corrected chi connectivity index (χ1v) is 7.00. The second-order valence-electron chi connectivity index (χ2n) is 5.24. The standard InChI is InChI=1S/C15H14N4O4/c20-18(21)14-7-3-1-5-12(14)9-16-11-17(16)10-13-6-2-4-8-15(13)19(22)23/h1-8H,9-11H2. The first-order valence-electron chi connectivity index (χ1n) is 7.00. The van der Waals surface area contributed by atoms with Gasteiger partial charge in [-0.05, 0) is 0 Å². The van der Waals surface area contributed by atoms with Gasteiger partial charge in [-0.25, -0.2) is 10.0 Å². The van der Waals surface area contributed by atoms with Crippen LogP contribution in [0.1, 0.15) is 11.1 Å². The van der Waals surface area contributed by atoms with Gasteiger partial charge >= 0.3 is 0 Å². The highest BCUT2D eigenvalue weighted by molar-refractivity contribution is 5.41. The molecule has 0 N–H and O–H groups in total. The van der Waals surface area contributed by atoms with Gasteiger partial charge in [0.25, 0.3) is 11.4 Å². The highest BCUT2D eigenvalue weighted by Gasteiger charge is 2.33. The van der Waals surface area contributed by atoms with E-state index in [-0.39, 0.29) is 11.4 Å². The molecule has 0 amide bonds. The molecule has 0 radical (unpaired) electrons. The summed E-state index contributed by atoms with van der Waals surface area (Å²) in [4.78, 5) is 21.2. The molecule has 1 aliphatic rings. The molecule has 2 aromatic rings. The monoisotopic (exact) mass is 314 g/mol. The number of benzene rings is 2. The average molecular weight is 314 g/mol. The summed E-state index contributed by atoms with van der Waals surface area (Å²) in [6, 6.07) is 13.2. The molecule has 0 aliphatic carbocycles. The van der Waals surface area contributed by atoms with Gasteiger partial charge in [0.15, 0.2) is 0 Å². The summed E-state index contributed by atoms with van der Waals surface area (Å²) in [6.07, 6.45) is 0. The highest BCUT2D eigenvalue weighted by atomic mass is 16.6. The molecule has 0 saturated carbocycles. The van der Waals surface area contributed by atoms with Crippen LogP contribution in [0.25, 0.3) is 0 Å². The van der Waals surface area contributed by atoms with Crippen LogP contribution >= 0.6 is 0 Å². The molecular weight excluding hydrogens is 300 g/mol. The van der Waals surface area contributed by atoms with Crippen molar-refractivity contribution >= 4 is 11.4 Å². The lowest BCUT2D eigenvalue weighted by Crippen LogP contribution is -2.09. The number of para-hydroxylation sites is 2. The van der Waals surface area contributed by atoms with Gasteiger partial charge in [-0.15, -0.1) is 0 Å². The van der Waals surface area contributed by atoms with E-state index in [0.717, 1.165) is 0 Å². The summed E-state index contributed by atoms with van der Waals surface area (Å²) >= 11 is 0. The van der Waals surface area contributed by atoms with Gasteiger partial charge in [0.05, 0.1) is 16.5 Å². The van der Waals surface area contributed by atoms with Crippen molar-refractivity contribution in [2.75, 3.05) is 6.67 Å². The maximum atomic E-state index is 11.0. The van der Waals surface area contributed by atoms with Crippen molar-refractivity contribution in [3.8, 4) is 0 Å². The third-order valence-electron chi connectivity index (χ3n) is 3.72. The van der Waals surface area contributed by atoms with E-state index in [1.807, 2.05) is 10.0 Å². The molecular formula is C15H14N4O4. The van der Waals surface area contributed by atoms with Crippen LogP contribution in [0.4, 0.5) is 11.4 Å². The molecule has 118 valence electrons. The molecule has 2 aromatic carbocycles. The predicted molar refractivity (Wildman–Crippen MR) is 82.1 cm³/mol. The Bertz CT molecular complexity index is 701. The lowest BCUT2D eigenvalue weighted by Gasteiger charge is -2.07. The Hall–Kier alpha value is -2.84. The number of nitro groups is 2. The Morgan fingerprint density at radius 2 is 1.17 bits per heavy atom. The average Bonchev–Trinajstić information content (AvgIpc) is 3.25. The van der Waals surface area contributed by atoms with E-state index < -0.39 is 9.85 Å². The van der Waals surface area contributed by atoms with Crippen LogP contribution in [-0.2, 0) is 13.1 Å². The minimum Gasteiger partial charge on any atom is -0.258 e. The number of hydrogen-bond acceptors (Lipinski definition) is 6. The first-order chi connectivity index (χ1) is 11.1. The van der Waals surface area contributed by atoms with Crippen LogP contribution in [0.2, 0.25) is 0 Å². The molecule has 0 aromatic heterocycles. The lowest BCUT2D eigenvalue weighted by atomic mass is 10.2. The van der Waals surface area contributed by atoms with Crippen molar-refractivity contribution in [2.24, 2.45) is 0 Å². The normalized spacial score (nSPS) is 19.3. The third kappa shape index (κ3) is 3.33. The zero-order chi connectivity index (χ0) is 16.4. The van der Waals surface area contributed by atoms with Crippen LogP contribution in [0.5, 0.6) is 0 Å². The van der Waals surface area contributed by atoms with E-state index >= 15 is 0 Å². The van der Waals surface area contributed by atoms with Crippen LogP contribution in [0.15, 0.2) is 48.5 Å². The van der Waals surface area contributed by atoms with Crippen molar-refractivity contribution < 1.29 is 9.85 Å². The molecule has 3 rings (SSSR count). The Balaban J connectivity index is 1.68. The molecule has 1 saturated heterocycles. The van der Waals surface area contributed by atoms with Gasteiger partial charge in [-0.3, -0.25) is 20.2 Å². The summed E-state index contributed by atoms with van der Waals surface area (Å²) in [5.74, 6) is 0. The fourth-order valence-corrected chi connectivity index (χ4v) is 2.50. The second kappa shape index (κ2) is 6.11. The fraction of sp³-hybridized carbons (Fsp3) is 0.200. The van der Waals surface area contributed by atoms with Gasteiger partial charge in [-0.1, -0.05) is 36.4 Å². The quantitative estimate of drug-likeness (QED) is 0.462. The second-order valence-corrected chi connectivity index (χ2v) is 5.24. The van der Waals surface area contributed by atoms with Crippen molar-refractivity contribution in [1.82, 2.24) is 10.0 Å². The maximum absolute atomic E-state index is 11.0. The Morgan fingerprint density at radius 1 is 0.783 bits per heavy atom. The fourth-order valence-electron chi connectivity index (χ4n) is 2.50. The predicted octanol–water partition coefficient (Wildman–Crippen LogP) is 2.69. The molecule has 1 heterocycles. The zero-order valence-corrected chi connectivity index (χ0v) is 12.2. The summed E-state index contributed by atoms with van der Waals surface area (Å²) < 4.78 is 0. The Morgan fingerprint density at radius 3 is 1.57 bits per heavy atom. The topological polar surface area (TPSA) is 92.3 Å². The molecule has 0 spiro atoms. The van der Waals surface area contributed by atoms with Crippen LogP contribution in [0, 0.1) is 20.2 Å². The third-order valence-corrected chi connectivity index (χ3v) is 3.72. The number of nitrogens with zero attached hydrogens (tertiary/aromatic N) is 4. The number of hydrogen-bond donors (Lipinski definition) is 0. The van der Waals surface area contributed by atoms with Crippen molar-refractivity contribution in [3.63, 3.8) is 0 Å². The largest absolute Gasteiger partial charge is 0.273 e. The van der Waals surface area contributed by atoms with E-state index in [4.69, 9.17) is 0 Å². The van der Waals surface area contributed by atoms with Gasteiger partial charge in [0, 0.05) is 36.3 Å². The number of nitro benzene ring substituents is 2. The van der Waals surface area contributed by atoms with Crippen molar-refractivity contribution in [2.45, 2.75) is 13.1 Å². The van der Waals surface area contributed by atoms with E-state index in [1.54, 1.807) is 36.4 Å². The highest BCUT2D eigenvalue weighted by Crippen LogP contribution is 2.29. The summed E-state index contributed by atoms with van der Waals surface area (Å²) in [5, 5.41) is 25.9. The van der Waals surface area contributed by atoms with Crippen LogP contribution in [0.3, 0.4) is 0 Å². The van der Waals surface area contributed by atoms with E-state index in [2.05, 4.69) is 0 Å². The molecule has 23 heavy (non-hydrogen) atoms. The first kappa shape index (κ1) is 15.1. The molecule has 8 nitrogen and oxygen atoms in total. The maximum Gasteiger partial charge on any atom is 0.273 e. The van der Waals surface area contributed by atoms with Gasteiger partial charge < -0.3 is 0 Å². The van der Waals surface area contributed by atoms with Gasteiger partial charge in [0.2, 0.25) is 0 Å². The number of hydrazine groups is 1. The summed E-state index contributed by atoms with van der Waals surface area (Å²) in [5.41, 5.74) is 1.43. The SMILES string of the molecule is O=[N+]([O-])c1ccccc1CN1CN1Cc1ccccc1[N+](=O)[O-]. The minimum absolute atomic E-state index is 0.0880. The Labute approximate surface area is 131 Å². The van der Waals surface area contributed by atoms with Crippen molar-refractivity contribution in [3.05, 3.63) is 79.9 Å². The van der Waals surface area contributed by atoms with Crippen LogP contribution in [-0.4, -0.2) is 26.5 Å². The zero-order valence-electron chi connectivity index (χ0n) is 12.2. The van der Waals surface area contributed by atoms with E-state index in [9.17, 15) is 20.2 Å². The molecule has 2 atom stereocenters. The molecule has 2 unspecified atom stereocenters. The Kier molecular flexibility index (Phi) is 4.00. The van der Waals surface area contributed by atoms with E-state index in [0.29, 0.717) is 30.9 Å².